The van der Waals surface area contributed by atoms with Crippen molar-refractivity contribution < 1.29 is 14.7 Å². The molecular formula is C21H27N5O3. The van der Waals surface area contributed by atoms with Gasteiger partial charge in [0.05, 0.1) is 5.56 Å². The highest BCUT2D eigenvalue weighted by Gasteiger charge is 2.19. The smallest absolute Gasteiger partial charge is 0.335 e. The maximum absolute atomic E-state index is 11.7. The molecule has 0 spiro atoms. The molecule has 8 heteroatoms. The van der Waals surface area contributed by atoms with Crippen LogP contribution in [-0.4, -0.2) is 51.5 Å². The van der Waals surface area contributed by atoms with E-state index in [-0.39, 0.29) is 17.4 Å². The number of benzene rings is 1. The van der Waals surface area contributed by atoms with Gasteiger partial charge in [0.15, 0.2) is 0 Å². The largest absolute Gasteiger partial charge is 0.478 e. The molecule has 2 heterocycles. The highest BCUT2D eigenvalue weighted by Crippen LogP contribution is 2.24. The fourth-order valence-corrected chi connectivity index (χ4v) is 3.26. The van der Waals surface area contributed by atoms with Crippen LogP contribution in [-0.2, 0) is 4.79 Å². The Morgan fingerprint density at radius 3 is 2.66 bits per heavy atom. The van der Waals surface area contributed by atoms with E-state index in [9.17, 15) is 9.59 Å². The number of hydrogen-bond acceptors (Lipinski definition) is 6. The molecule has 3 rings (SSSR count). The molecule has 1 aromatic carbocycles. The predicted molar refractivity (Wildman–Crippen MR) is 112 cm³/mol. The SMILES string of the molecule is CC(C)c1cnc(Nc2ccc(C(=O)O)cc2)nc1NCCCN1CCCC1=O. The molecular weight excluding hydrogens is 370 g/mol. The number of amides is 1. The zero-order valence-corrected chi connectivity index (χ0v) is 16.8. The molecule has 1 aromatic heterocycles. The molecule has 0 unspecified atom stereocenters. The van der Waals surface area contributed by atoms with Gasteiger partial charge < -0.3 is 20.6 Å². The van der Waals surface area contributed by atoms with E-state index >= 15 is 0 Å². The summed E-state index contributed by atoms with van der Waals surface area (Å²) in [6.07, 6.45) is 4.28. The third-order valence-electron chi connectivity index (χ3n) is 4.90. The molecule has 1 saturated heterocycles. The summed E-state index contributed by atoms with van der Waals surface area (Å²) in [7, 11) is 0. The van der Waals surface area contributed by atoms with Crippen LogP contribution in [0.25, 0.3) is 0 Å². The Labute approximate surface area is 170 Å². The molecule has 0 atom stereocenters. The standard InChI is InChI=1S/C21H27N5O3/c1-14(2)17-13-23-21(24-16-8-6-15(7-9-16)20(28)29)25-19(17)22-10-4-12-26-11-3-5-18(26)27/h6-9,13-14H,3-5,10-12H2,1-2H3,(H,28,29)(H2,22,23,24,25). The molecule has 8 nitrogen and oxygen atoms in total. The van der Waals surface area contributed by atoms with Crippen molar-refractivity contribution in [3.8, 4) is 0 Å². The Hall–Kier alpha value is -3.16. The summed E-state index contributed by atoms with van der Waals surface area (Å²) in [5.41, 5.74) is 1.96. The van der Waals surface area contributed by atoms with Crippen LogP contribution in [0.5, 0.6) is 0 Å². The number of nitrogens with zero attached hydrogens (tertiary/aromatic N) is 3. The van der Waals surface area contributed by atoms with E-state index in [1.165, 1.54) is 12.1 Å². The number of likely N-dealkylation sites (tertiary alicyclic amines) is 1. The minimum absolute atomic E-state index is 0.227. The molecule has 1 aliphatic heterocycles. The normalized spacial score (nSPS) is 13.8. The van der Waals surface area contributed by atoms with Crippen molar-refractivity contribution in [2.75, 3.05) is 30.3 Å². The summed E-state index contributed by atoms with van der Waals surface area (Å²) in [4.78, 5) is 33.6. The van der Waals surface area contributed by atoms with Gasteiger partial charge in [-0.25, -0.2) is 9.78 Å². The summed E-state index contributed by atoms with van der Waals surface area (Å²) >= 11 is 0. The number of aromatic carboxylic acids is 1. The minimum Gasteiger partial charge on any atom is -0.478 e. The lowest BCUT2D eigenvalue weighted by Gasteiger charge is -2.17. The van der Waals surface area contributed by atoms with Crippen LogP contribution >= 0.6 is 0 Å². The summed E-state index contributed by atoms with van der Waals surface area (Å²) in [5, 5.41) is 15.5. The second kappa shape index (κ2) is 9.36. The number of carbonyl (C=O) groups excluding carboxylic acids is 1. The van der Waals surface area contributed by atoms with E-state index in [1.54, 1.807) is 18.3 Å². The summed E-state index contributed by atoms with van der Waals surface area (Å²) in [6, 6.07) is 6.44. The number of carboxylic acid groups (broad SMARTS) is 1. The van der Waals surface area contributed by atoms with Crippen molar-refractivity contribution in [3.63, 3.8) is 0 Å². The van der Waals surface area contributed by atoms with Crippen molar-refractivity contribution in [3.05, 3.63) is 41.6 Å². The molecule has 0 radical (unpaired) electrons. The van der Waals surface area contributed by atoms with E-state index < -0.39 is 5.97 Å². The zero-order valence-electron chi connectivity index (χ0n) is 16.8. The lowest BCUT2D eigenvalue weighted by molar-refractivity contribution is -0.127. The maximum Gasteiger partial charge on any atom is 0.335 e. The monoisotopic (exact) mass is 397 g/mol. The highest BCUT2D eigenvalue weighted by molar-refractivity contribution is 5.88. The van der Waals surface area contributed by atoms with E-state index in [1.807, 2.05) is 4.90 Å². The van der Waals surface area contributed by atoms with Crippen LogP contribution in [0.2, 0.25) is 0 Å². The molecule has 29 heavy (non-hydrogen) atoms. The maximum atomic E-state index is 11.7. The highest BCUT2D eigenvalue weighted by atomic mass is 16.4. The van der Waals surface area contributed by atoms with Gasteiger partial charge in [-0.15, -0.1) is 0 Å². The van der Waals surface area contributed by atoms with Crippen molar-refractivity contribution in [2.45, 2.75) is 39.0 Å². The van der Waals surface area contributed by atoms with Gasteiger partial charge in [0.25, 0.3) is 0 Å². The van der Waals surface area contributed by atoms with Crippen molar-refractivity contribution in [1.29, 1.82) is 0 Å². The topological polar surface area (TPSA) is 107 Å². The van der Waals surface area contributed by atoms with E-state index in [0.717, 1.165) is 37.3 Å². The second-order valence-corrected chi connectivity index (χ2v) is 7.42. The van der Waals surface area contributed by atoms with Crippen LogP contribution in [0, 0.1) is 0 Å². The van der Waals surface area contributed by atoms with Gasteiger partial charge in [-0.3, -0.25) is 4.79 Å². The van der Waals surface area contributed by atoms with Gasteiger partial charge in [-0.1, -0.05) is 13.8 Å². The van der Waals surface area contributed by atoms with Crippen molar-refractivity contribution in [2.24, 2.45) is 0 Å². The fourth-order valence-electron chi connectivity index (χ4n) is 3.26. The average molecular weight is 397 g/mol. The third kappa shape index (κ3) is 5.43. The average Bonchev–Trinajstić information content (AvgIpc) is 3.10. The molecule has 154 valence electrons. The number of carboxylic acids is 1. The van der Waals surface area contributed by atoms with Gasteiger partial charge in [-0.2, -0.15) is 4.98 Å². The molecule has 2 aromatic rings. The molecule has 1 amide bonds. The predicted octanol–water partition coefficient (Wildman–Crippen LogP) is 3.47. The van der Waals surface area contributed by atoms with Crippen LogP contribution in [0.1, 0.15) is 54.9 Å². The first-order valence-electron chi connectivity index (χ1n) is 9.93. The first-order valence-corrected chi connectivity index (χ1v) is 9.93. The summed E-state index contributed by atoms with van der Waals surface area (Å²) < 4.78 is 0. The minimum atomic E-state index is -0.962. The first-order chi connectivity index (χ1) is 13.9. The van der Waals surface area contributed by atoms with Crippen LogP contribution in [0.4, 0.5) is 17.5 Å². The van der Waals surface area contributed by atoms with Crippen LogP contribution in [0.15, 0.2) is 30.5 Å². The molecule has 0 bridgehead atoms. The zero-order chi connectivity index (χ0) is 20.8. The Morgan fingerprint density at radius 1 is 1.28 bits per heavy atom. The molecule has 1 fully saturated rings. The number of anilines is 3. The number of carbonyl (C=O) groups is 2. The molecule has 3 N–H and O–H groups in total. The summed E-state index contributed by atoms with van der Waals surface area (Å²) in [5.74, 6) is 0.759. The first kappa shape index (κ1) is 20.6. The van der Waals surface area contributed by atoms with Gasteiger partial charge in [0.2, 0.25) is 11.9 Å². The third-order valence-corrected chi connectivity index (χ3v) is 4.90. The van der Waals surface area contributed by atoms with Gasteiger partial charge in [-0.05, 0) is 43.0 Å². The number of aromatic nitrogens is 2. The number of hydrogen-bond donors (Lipinski definition) is 3. The Morgan fingerprint density at radius 2 is 2.03 bits per heavy atom. The Balaban J connectivity index is 1.63. The summed E-state index contributed by atoms with van der Waals surface area (Å²) in [6.45, 7) is 6.51. The van der Waals surface area contributed by atoms with Gasteiger partial charge in [0, 0.05) is 43.5 Å². The second-order valence-electron chi connectivity index (χ2n) is 7.42. The number of rotatable bonds is 9. The van der Waals surface area contributed by atoms with Crippen LogP contribution < -0.4 is 10.6 Å². The van der Waals surface area contributed by atoms with Crippen LogP contribution in [0.3, 0.4) is 0 Å². The molecule has 0 saturated carbocycles. The van der Waals surface area contributed by atoms with E-state index in [0.29, 0.717) is 24.6 Å². The molecule has 1 aliphatic rings. The Bertz CT molecular complexity index is 867. The van der Waals surface area contributed by atoms with E-state index in [2.05, 4.69) is 34.4 Å². The quantitative estimate of drug-likeness (QED) is 0.556. The van der Waals surface area contributed by atoms with Gasteiger partial charge in [0.1, 0.15) is 5.82 Å². The van der Waals surface area contributed by atoms with E-state index in [4.69, 9.17) is 5.11 Å². The van der Waals surface area contributed by atoms with Crippen molar-refractivity contribution in [1.82, 2.24) is 14.9 Å². The van der Waals surface area contributed by atoms with Crippen molar-refractivity contribution >= 4 is 29.3 Å². The Kier molecular flexibility index (Phi) is 6.64. The lowest BCUT2D eigenvalue weighted by Crippen LogP contribution is -2.27. The number of nitrogens with one attached hydrogen (secondary N) is 2. The lowest BCUT2D eigenvalue weighted by atomic mass is 10.1. The fraction of sp³-hybridized carbons (Fsp3) is 0.429. The molecule has 0 aliphatic carbocycles. The van der Waals surface area contributed by atoms with Gasteiger partial charge >= 0.3 is 5.97 Å².